The van der Waals surface area contributed by atoms with Crippen molar-refractivity contribution in [3.63, 3.8) is 0 Å². The van der Waals surface area contributed by atoms with E-state index in [-0.39, 0.29) is 5.91 Å². The Balaban J connectivity index is 1.94. The summed E-state index contributed by atoms with van der Waals surface area (Å²) in [6.45, 7) is 4.58. The van der Waals surface area contributed by atoms with Crippen LogP contribution in [0.4, 0.5) is 11.4 Å². The van der Waals surface area contributed by atoms with Crippen molar-refractivity contribution in [2.45, 2.75) is 26.7 Å². The minimum Gasteiger partial charge on any atom is -0.495 e. The van der Waals surface area contributed by atoms with Gasteiger partial charge in [0, 0.05) is 23.7 Å². The minimum atomic E-state index is -0.0208. The van der Waals surface area contributed by atoms with Gasteiger partial charge in [-0.05, 0) is 42.7 Å². The number of hydrogen-bond acceptors (Lipinski definition) is 3. The van der Waals surface area contributed by atoms with Crippen LogP contribution in [-0.2, 0) is 11.2 Å². The Kier molecular flexibility index (Phi) is 6.50. The number of ether oxygens (including phenoxy) is 1. The number of hydrogen-bond donors (Lipinski definition) is 2. The molecule has 4 nitrogen and oxygen atoms in total. The van der Waals surface area contributed by atoms with Crippen molar-refractivity contribution < 1.29 is 9.53 Å². The summed E-state index contributed by atoms with van der Waals surface area (Å²) in [5, 5.41) is 6.83. The number of anilines is 2. The van der Waals surface area contributed by atoms with Crippen LogP contribution in [0.3, 0.4) is 0 Å². The number of para-hydroxylation sites is 1. The van der Waals surface area contributed by atoms with Crippen molar-refractivity contribution in [2.24, 2.45) is 0 Å². The Morgan fingerprint density at radius 3 is 2.75 bits per heavy atom. The Bertz CT molecular complexity index is 717. The zero-order valence-electron chi connectivity index (χ0n) is 14.3. The van der Waals surface area contributed by atoms with E-state index in [1.54, 1.807) is 25.3 Å². The highest BCUT2D eigenvalue weighted by Gasteiger charge is 2.09. The van der Waals surface area contributed by atoms with E-state index in [9.17, 15) is 4.79 Å². The van der Waals surface area contributed by atoms with E-state index < -0.39 is 0 Å². The summed E-state index contributed by atoms with van der Waals surface area (Å²) in [6, 6.07) is 11.4. The maximum atomic E-state index is 12.2. The lowest BCUT2D eigenvalue weighted by atomic mass is 10.1. The molecule has 0 atom stereocenters. The summed E-state index contributed by atoms with van der Waals surface area (Å²) >= 11 is 6.00. The van der Waals surface area contributed by atoms with Crippen LogP contribution >= 0.6 is 11.6 Å². The molecule has 24 heavy (non-hydrogen) atoms. The van der Waals surface area contributed by atoms with Crippen molar-refractivity contribution in [2.75, 3.05) is 24.3 Å². The highest BCUT2D eigenvalue weighted by Crippen LogP contribution is 2.27. The molecule has 0 aliphatic carbocycles. The lowest BCUT2D eigenvalue weighted by Gasteiger charge is -2.14. The molecule has 0 saturated heterocycles. The number of aryl methyl sites for hydroxylation is 2. The van der Waals surface area contributed by atoms with Crippen LogP contribution in [0.2, 0.25) is 5.02 Å². The SMILES string of the molecule is CCc1cccc(C)c1NC(=O)CCNc1cc(Cl)ccc1OC. The smallest absolute Gasteiger partial charge is 0.226 e. The first-order valence-electron chi connectivity index (χ1n) is 8.01. The Labute approximate surface area is 148 Å². The number of amides is 1. The number of benzene rings is 2. The van der Waals surface area contributed by atoms with E-state index in [1.807, 2.05) is 25.1 Å². The first kappa shape index (κ1) is 18.1. The number of carbonyl (C=O) groups is 1. The summed E-state index contributed by atoms with van der Waals surface area (Å²) in [6.07, 6.45) is 1.24. The van der Waals surface area contributed by atoms with E-state index in [1.165, 1.54) is 0 Å². The first-order chi connectivity index (χ1) is 11.5. The molecule has 0 heterocycles. The highest BCUT2D eigenvalue weighted by molar-refractivity contribution is 6.30. The van der Waals surface area contributed by atoms with Crippen molar-refractivity contribution in [1.82, 2.24) is 0 Å². The third-order valence-corrected chi connectivity index (χ3v) is 4.07. The number of halogens is 1. The molecule has 2 rings (SSSR count). The van der Waals surface area contributed by atoms with Gasteiger partial charge in [-0.25, -0.2) is 0 Å². The van der Waals surface area contributed by atoms with E-state index in [0.717, 1.165) is 28.9 Å². The summed E-state index contributed by atoms with van der Waals surface area (Å²) in [5.41, 5.74) is 3.92. The van der Waals surface area contributed by atoms with E-state index in [4.69, 9.17) is 16.3 Å². The van der Waals surface area contributed by atoms with Crippen molar-refractivity contribution in [3.05, 3.63) is 52.5 Å². The maximum Gasteiger partial charge on any atom is 0.226 e. The molecule has 0 unspecified atom stereocenters. The van der Waals surface area contributed by atoms with Gasteiger partial charge in [0.25, 0.3) is 0 Å². The normalized spacial score (nSPS) is 10.3. The topological polar surface area (TPSA) is 50.4 Å². The van der Waals surface area contributed by atoms with Crippen molar-refractivity contribution >= 4 is 28.9 Å². The van der Waals surface area contributed by atoms with Gasteiger partial charge in [-0.1, -0.05) is 36.7 Å². The lowest BCUT2D eigenvalue weighted by molar-refractivity contribution is -0.115. The molecule has 2 aromatic rings. The molecular weight excluding hydrogens is 324 g/mol. The fraction of sp³-hybridized carbons (Fsp3) is 0.316. The number of methoxy groups -OCH3 is 1. The minimum absolute atomic E-state index is 0.0208. The average Bonchev–Trinajstić information content (AvgIpc) is 2.57. The fourth-order valence-electron chi connectivity index (χ4n) is 2.53. The zero-order chi connectivity index (χ0) is 17.5. The number of carbonyl (C=O) groups excluding carboxylic acids is 1. The van der Waals surface area contributed by atoms with Crippen LogP contribution in [0.5, 0.6) is 5.75 Å². The van der Waals surface area contributed by atoms with Gasteiger partial charge in [-0.15, -0.1) is 0 Å². The third kappa shape index (κ3) is 4.65. The Morgan fingerprint density at radius 2 is 2.04 bits per heavy atom. The predicted octanol–water partition coefficient (Wildman–Crippen LogP) is 4.66. The Hall–Kier alpha value is -2.20. The molecule has 0 aromatic heterocycles. The largest absolute Gasteiger partial charge is 0.495 e. The summed E-state index contributed by atoms with van der Waals surface area (Å²) < 4.78 is 5.28. The maximum absolute atomic E-state index is 12.2. The molecule has 0 spiro atoms. The molecule has 5 heteroatoms. The molecule has 0 saturated carbocycles. The van der Waals surface area contributed by atoms with Gasteiger partial charge in [-0.3, -0.25) is 4.79 Å². The summed E-state index contributed by atoms with van der Waals surface area (Å²) in [7, 11) is 1.60. The quantitative estimate of drug-likeness (QED) is 0.766. The summed E-state index contributed by atoms with van der Waals surface area (Å²) in [4.78, 5) is 12.2. The predicted molar refractivity (Wildman–Crippen MR) is 100 cm³/mol. The number of rotatable bonds is 7. The van der Waals surface area contributed by atoms with Crippen LogP contribution in [0.25, 0.3) is 0 Å². The second-order valence-corrected chi connectivity index (χ2v) is 5.97. The summed E-state index contributed by atoms with van der Waals surface area (Å²) in [5.74, 6) is 0.680. The standard InChI is InChI=1S/C19H23ClN2O2/c1-4-14-7-5-6-13(2)19(14)22-18(23)10-11-21-16-12-15(20)8-9-17(16)24-3/h5-9,12,21H,4,10-11H2,1-3H3,(H,22,23). The van der Waals surface area contributed by atoms with Crippen LogP contribution in [-0.4, -0.2) is 19.6 Å². The third-order valence-electron chi connectivity index (χ3n) is 3.83. The molecule has 2 aromatic carbocycles. The molecule has 0 bridgehead atoms. The molecule has 128 valence electrons. The molecule has 2 N–H and O–H groups in total. The first-order valence-corrected chi connectivity index (χ1v) is 8.38. The zero-order valence-corrected chi connectivity index (χ0v) is 15.0. The number of nitrogens with one attached hydrogen (secondary N) is 2. The molecule has 1 amide bonds. The van der Waals surface area contributed by atoms with Crippen LogP contribution in [0.1, 0.15) is 24.5 Å². The van der Waals surface area contributed by atoms with Crippen molar-refractivity contribution in [1.29, 1.82) is 0 Å². The van der Waals surface area contributed by atoms with Gasteiger partial charge in [0.1, 0.15) is 5.75 Å². The monoisotopic (exact) mass is 346 g/mol. The Morgan fingerprint density at radius 1 is 1.25 bits per heavy atom. The van der Waals surface area contributed by atoms with Crippen molar-refractivity contribution in [3.8, 4) is 5.75 Å². The van der Waals surface area contributed by atoms with Gasteiger partial charge in [0.05, 0.1) is 12.8 Å². The molecule has 0 aliphatic rings. The van der Waals surface area contributed by atoms with E-state index in [0.29, 0.717) is 23.7 Å². The molecule has 0 aliphatic heterocycles. The molecule has 0 radical (unpaired) electrons. The molecular formula is C19H23ClN2O2. The second kappa shape index (κ2) is 8.60. The van der Waals surface area contributed by atoms with Gasteiger partial charge < -0.3 is 15.4 Å². The average molecular weight is 347 g/mol. The fourth-order valence-corrected chi connectivity index (χ4v) is 2.71. The van der Waals surface area contributed by atoms with Gasteiger partial charge in [-0.2, -0.15) is 0 Å². The van der Waals surface area contributed by atoms with Gasteiger partial charge >= 0.3 is 0 Å². The van der Waals surface area contributed by atoms with Crippen LogP contribution < -0.4 is 15.4 Å². The molecule has 0 fully saturated rings. The highest BCUT2D eigenvalue weighted by atomic mass is 35.5. The van der Waals surface area contributed by atoms with E-state index in [2.05, 4.69) is 17.6 Å². The van der Waals surface area contributed by atoms with Crippen LogP contribution in [0.15, 0.2) is 36.4 Å². The second-order valence-electron chi connectivity index (χ2n) is 5.53. The van der Waals surface area contributed by atoms with Crippen LogP contribution in [0, 0.1) is 6.92 Å². The van der Waals surface area contributed by atoms with Gasteiger partial charge in [0.2, 0.25) is 5.91 Å². The van der Waals surface area contributed by atoms with Gasteiger partial charge in [0.15, 0.2) is 0 Å². The van der Waals surface area contributed by atoms with E-state index >= 15 is 0 Å². The lowest BCUT2D eigenvalue weighted by Crippen LogP contribution is -2.18.